The maximum absolute atomic E-state index is 12.9. The molecule has 7 nitrogen and oxygen atoms in total. The Kier molecular flexibility index (Phi) is 2.71. The van der Waals surface area contributed by atoms with Crippen LogP contribution in [0.15, 0.2) is 33.5 Å². The molecule has 2 aliphatic heterocycles. The first kappa shape index (κ1) is 14.6. The molecule has 1 saturated heterocycles. The first-order valence-corrected chi connectivity index (χ1v) is 7.85. The van der Waals surface area contributed by atoms with Crippen molar-refractivity contribution in [2.75, 3.05) is 13.7 Å². The van der Waals surface area contributed by atoms with E-state index in [0.29, 0.717) is 24.3 Å². The molecule has 3 heterocycles. The standard InChI is InChI=1S/C18H14O7/c1-22-18-5-6-23-17(18)25-11-7-10-13(16(21)14(11)18)15(20)12-8(19)3-2-4-9(12)24-10/h2-4,7,17,19,21H,5-6H2,1H3. The van der Waals surface area contributed by atoms with Gasteiger partial charge in [-0.15, -0.1) is 0 Å². The number of hydrogen-bond acceptors (Lipinski definition) is 7. The average molecular weight is 342 g/mol. The summed E-state index contributed by atoms with van der Waals surface area (Å²) in [4.78, 5) is 12.9. The Labute approximate surface area is 141 Å². The number of aromatic hydroxyl groups is 2. The first-order chi connectivity index (χ1) is 12.1. The number of rotatable bonds is 1. The summed E-state index contributed by atoms with van der Waals surface area (Å²) in [5, 5.41) is 20.9. The molecule has 2 aliphatic rings. The minimum atomic E-state index is -0.965. The van der Waals surface area contributed by atoms with Gasteiger partial charge in [-0.25, -0.2) is 0 Å². The van der Waals surface area contributed by atoms with Crippen molar-refractivity contribution in [3.05, 3.63) is 40.1 Å². The molecular weight excluding hydrogens is 328 g/mol. The van der Waals surface area contributed by atoms with Gasteiger partial charge in [0.05, 0.1) is 12.2 Å². The number of fused-ring (bicyclic) bond motifs is 5. The number of phenols is 2. The summed E-state index contributed by atoms with van der Waals surface area (Å²) in [6, 6.07) is 6.11. The summed E-state index contributed by atoms with van der Waals surface area (Å²) in [5.41, 5.74) is -0.693. The van der Waals surface area contributed by atoms with Gasteiger partial charge in [-0.1, -0.05) is 6.07 Å². The highest BCUT2D eigenvalue weighted by Gasteiger charge is 2.56. The number of ether oxygens (including phenoxy) is 3. The van der Waals surface area contributed by atoms with Gasteiger partial charge in [0.2, 0.25) is 11.7 Å². The number of methoxy groups -OCH3 is 1. The smallest absolute Gasteiger partial charge is 0.233 e. The van der Waals surface area contributed by atoms with Crippen molar-refractivity contribution in [2.24, 2.45) is 0 Å². The van der Waals surface area contributed by atoms with Crippen LogP contribution < -0.4 is 10.2 Å². The molecule has 2 aromatic carbocycles. The second kappa shape index (κ2) is 4.65. The molecule has 128 valence electrons. The summed E-state index contributed by atoms with van der Waals surface area (Å²) in [6.45, 7) is 0.419. The molecule has 1 fully saturated rings. The van der Waals surface area contributed by atoms with Crippen LogP contribution in [-0.4, -0.2) is 30.2 Å². The van der Waals surface area contributed by atoms with Crippen LogP contribution in [0.3, 0.4) is 0 Å². The van der Waals surface area contributed by atoms with Crippen LogP contribution in [0.2, 0.25) is 0 Å². The van der Waals surface area contributed by atoms with Crippen molar-refractivity contribution >= 4 is 21.9 Å². The molecule has 0 saturated carbocycles. The highest BCUT2D eigenvalue weighted by atomic mass is 16.7. The van der Waals surface area contributed by atoms with Crippen molar-refractivity contribution in [3.63, 3.8) is 0 Å². The van der Waals surface area contributed by atoms with E-state index in [4.69, 9.17) is 18.6 Å². The minimum Gasteiger partial charge on any atom is -0.507 e. The highest BCUT2D eigenvalue weighted by molar-refractivity contribution is 5.97. The van der Waals surface area contributed by atoms with E-state index in [1.165, 1.54) is 13.2 Å². The van der Waals surface area contributed by atoms with E-state index < -0.39 is 17.3 Å². The molecule has 0 aliphatic carbocycles. The van der Waals surface area contributed by atoms with Gasteiger partial charge in [0, 0.05) is 19.6 Å². The molecule has 25 heavy (non-hydrogen) atoms. The van der Waals surface area contributed by atoms with Gasteiger partial charge in [0.15, 0.2) is 5.60 Å². The Morgan fingerprint density at radius 2 is 2.08 bits per heavy atom. The molecule has 2 N–H and O–H groups in total. The summed E-state index contributed by atoms with van der Waals surface area (Å²) in [5.74, 6) is -0.103. The molecular formula is C18H14O7. The maximum Gasteiger partial charge on any atom is 0.233 e. The van der Waals surface area contributed by atoms with Crippen molar-refractivity contribution in [1.29, 1.82) is 0 Å². The van der Waals surface area contributed by atoms with Crippen LogP contribution in [0.5, 0.6) is 17.2 Å². The summed E-state index contributed by atoms with van der Waals surface area (Å²) >= 11 is 0. The Morgan fingerprint density at radius 1 is 1.24 bits per heavy atom. The fourth-order valence-corrected chi connectivity index (χ4v) is 3.86. The predicted octanol–water partition coefficient (Wildman–Crippen LogP) is 2.34. The topological polar surface area (TPSA) is 98.4 Å². The van der Waals surface area contributed by atoms with Crippen molar-refractivity contribution in [1.82, 2.24) is 0 Å². The molecule has 0 amide bonds. The minimum absolute atomic E-state index is 0.0136. The van der Waals surface area contributed by atoms with Crippen molar-refractivity contribution in [3.8, 4) is 17.2 Å². The fourth-order valence-electron chi connectivity index (χ4n) is 3.86. The predicted molar refractivity (Wildman–Crippen MR) is 87.0 cm³/mol. The molecule has 0 spiro atoms. The van der Waals surface area contributed by atoms with Gasteiger partial charge in [-0.2, -0.15) is 0 Å². The number of hydrogen-bond donors (Lipinski definition) is 2. The van der Waals surface area contributed by atoms with E-state index >= 15 is 0 Å². The van der Waals surface area contributed by atoms with Gasteiger partial charge in [0.25, 0.3) is 0 Å². The molecule has 5 rings (SSSR count). The van der Waals surface area contributed by atoms with Crippen molar-refractivity contribution in [2.45, 2.75) is 18.3 Å². The molecule has 1 aromatic heterocycles. The van der Waals surface area contributed by atoms with Gasteiger partial charge in [0.1, 0.15) is 39.2 Å². The molecule has 0 radical (unpaired) electrons. The zero-order valence-corrected chi connectivity index (χ0v) is 13.2. The van der Waals surface area contributed by atoms with Crippen LogP contribution in [-0.2, 0) is 15.1 Å². The molecule has 3 aromatic rings. The van der Waals surface area contributed by atoms with Crippen LogP contribution in [0.4, 0.5) is 0 Å². The highest BCUT2D eigenvalue weighted by Crippen LogP contribution is 2.54. The third-order valence-electron chi connectivity index (χ3n) is 5.05. The third-order valence-corrected chi connectivity index (χ3v) is 5.05. The number of phenolic OH excluding ortho intramolecular Hbond substituents is 2. The number of benzene rings is 2. The normalized spacial score (nSPS) is 24.4. The first-order valence-electron chi connectivity index (χ1n) is 7.85. The van der Waals surface area contributed by atoms with Gasteiger partial charge < -0.3 is 28.8 Å². The van der Waals surface area contributed by atoms with Gasteiger partial charge >= 0.3 is 0 Å². The van der Waals surface area contributed by atoms with Gasteiger partial charge in [-0.05, 0) is 12.1 Å². The van der Waals surface area contributed by atoms with E-state index in [0.717, 1.165) is 0 Å². The lowest BCUT2D eigenvalue weighted by Crippen LogP contribution is -2.35. The molecule has 7 heteroatoms. The largest absolute Gasteiger partial charge is 0.507 e. The third kappa shape index (κ3) is 1.64. The fraction of sp³-hybridized carbons (Fsp3) is 0.278. The molecule has 0 bridgehead atoms. The average Bonchev–Trinajstić information content (AvgIpc) is 3.10. The zero-order chi connectivity index (χ0) is 17.3. The van der Waals surface area contributed by atoms with Crippen molar-refractivity contribution < 1.29 is 28.8 Å². The monoisotopic (exact) mass is 342 g/mol. The van der Waals surface area contributed by atoms with E-state index in [1.807, 2.05) is 0 Å². The molecule has 2 atom stereocenters. The Bertz CT molecular complexity index is 1100. The van der Waals surface area contributed by atoms with Crippen LogP contribution >= 0.6 is 0 Å². The second-order valence-corrected chi connectivity index (χ2v) is 6.22. The Balaban J connectivity index is 1.94. The summed E-state index contributed by atoms with van der Waals surface area (Å²) in [7, 11) is 1.51. The van der Waals surface area contributed by atoms with Crippen LogP contribution in [0.1, 0.15) is 12.0 Å². The quantitative estimate of drug-likeness (QED) is 0.655. The van der Waals surface area contributed by atoms with E-state index in [2.05, 4.69) is 0 Å². The van der Waals surface area contributed by atoms with Crippen LogP contribution in [0.25, 0.3) is 21.9 Å². The lowest BCUT2D eigenvalue weighted by Gasteiger charge is -2.25. The maximum atomic E-state index is 12.9. The Morgan fingerprint density at radius 3 is 2.88 bits per heavy atom. The lowest BCUT2D eigenvalue weighted by atomic mass is 9.90. The summed E-state index contributed by atoms with van der Waals surface area (Å²) in [6.07, 6.45) is -0.196. The van der Waals surface area contributed by atoms with E-state index in [9.17, 15) is 15.0 Å². The molecule has 2 unspecified atom stereocenters. The van der Waals surface area contributed by atoms with E-state index in [1.54, 1.807) is 18.2 Å². The summed E-state index contributed by atoms with van der Waals surface area (Å²) < 4.78 is 22.7. The SMILES string of the molecule is COC12CCOC1Oc1cc3oc4cccc(O)c4c(=O)c3c(O)c12. The van der Waals surface area contributed by atoms with Gasteiger partial charge in [-0.3, -0.25) is 4.79 Å². The van der Waals surface area contributed by atoms with Crippen LogP contribution in [0, 0.1) is 0 Å². The lowest BCUT2D eigenvalue weighted by molar-refractivity contribution is -0.140. The van der Waals surface area contributed by atoms with E-state index in [-0.39, 0.29) is 33.4 Å². The Hall–Kier alpha value is -2.77. The second-order valence-electron chi connectivity index (χ2n) is 6.22. The zero-order valence-electron chi connectivity index (χ0n) is 13.2.